The summed E-state index contributed by atoms with van der Waals surface area (Å²) in [5.74, 6) is 0.653. The van der Waals surface area contributed by atoms with Gasteiger partial charge in [0.1, 0.15) is 6.04 Å². The van der Waals surface area contributed by atoms with Crippen LogP contribution in [0.15, 0.2) is 48.5 Å². The molecule has 0 aliphatic carbocycles. The van der Waals surface area contributed by atoms with Crippen LogP contribution in [0.5, 0.6) is 0 Å². The Morgan fingerprint density at radius 1 is 0.968 bits per heavy atom. The van der Waals surface area contributed by atoms with Crippen LogP contribution in [0, 0.1) is 0 Å². The van der Waals surface area contributed by atoms with Gasteiger partial charge in [0.2, 0.25) is 11.8 Å². The SMILES string of the molecule is CC[C@@H](C)NC(=O)[C@@H](CC)N(Cc1ccccc1Cl)C(=O)CSCc1ccccc1Cl. The molecule has 2 amide bonds. The molecule has 0 aliphatic rings. The van der Waals surface area contributed by atoms with Gasteiger partial charge in [-0.25, -0.2) is 0 Å². The zero-order chi connectivity index (χ0) is 22.8. The van der Waals surface area contributed by atoms with Crippen LogP contribution in [0.3, 0.4) is 0 Å². The molecular formula is C24H30Cl2N2O2S. The Bertz CT molecular complexity index is 878. The quantitative estimate of drug-likeness (QED) is 0.432. The molecule has 2 aromatic rings. The molecule has 31 heavy (non-hydrogen) atoms. The van der Waals surface area contributed by atoms with Crippen LogP contribution in [0.1, 0.15) is 44.7 Å². The molecule has 7 heteroatoms. The molecule has 0 spiro atoms. The molecule has 0 saturated heterocycles. The van der Waals surface area contributed by atoms with Gasteiger partial charge in [0.05, 0.1) is 5.75 Å². The van der Waals surface area contributed by atoms with Crippen molar-refractivity contribution in [1.82, 2.24) is 10.2 Å². The first kappa shape index (κ1) is 25.6. The molecule has 168 valence electrons. The Morgan fingerprint density at radius 3 is 2.10 bits per heavy atom. The number of hydrogen-bond donors (Lipinski definition) is 1. The number of carbonyl (C=O) groups is 2. The van der Waals surface area contributed by atoms with Crippen molar-refractivity contribution in [2.24, 2.45) is 0 Å². The number of halogens is 2. The second-order valence-electron chi connectivity index (χ2n) is 7.44. The lowest BCUT2D eigenvalue weighted by Crippen LogP contribution is -2.51. The van der Waals surface area contributed by atoms with Crippen molar-refractivity contribution in [3.8, 4) is 0 Å². The van der Waals surface area contributed by atoms with Crippen LogP contribution >= 0.6 is 35.0 Å². The second-order valence-corrected chi connectivity index (χ2v) is 9.24. The molecule has 0 fully saturated rings. The highest BCUT2D eigenvalue weighted by molar-refractivity contribution is 7.99. The molecule has 0 aliphatic heterocycles. The average Bonchev–Trinajstić information content (AvgIpc) is 2.76. The van der Waals surface area contributed by atoms with Gasteiger partial charge >= 0.3 is 0 Å². The van der Waals surface area contributed by atoms with Gasteiger partial charge < -0.3 is 10.2 Å². The Labute approximate surface area is 199 Å². The summed E-state index contributed by atoms with van der Waals surface area (Å²) in [5.41, 5.74) is 1.81. The smallest absolute Gasteiger partial charge is 0.243 e. The minimum atomic E-state index is -0.557. The first-order valence-electron chi connectivity index (χ1n) is 10.5. The number of hydrogen-bond acceptors (Lipinski definition) is 3. The summed E-state index contributed by atoms with van der Waals surface area (Å²) in [6.07, 6.45) is 1.35. The van der Waals surface area contributed by atoms with Crippen LogP contribution in [-0.4, -0.2) is 34.6 Å². The third-order valence-electron chi connectivity index (χ3n) is 5.13. The number of carbonyl (C=O) groups excluding carboxylic acids is 2. The van der Waals surface area contributed by atoms with Crippen LogP contribution < -0.4 is 5.32 Å². The third kappa shape index (κ3) is 7.74. The predicted molar refractivity (Wildman–Crippen MR) is 132 cm³/mol. The minimum Gasteiger partial charge on any atom is -0.352 e. The van der Waals surface area contributed by atoms with Gasteiger partial charge in [-0.1, -0.05) is 73.4 Å². The monoisotopic (exact) mass is 480 g/mol. The molecule has 1 N–H and O–H groups in total. The topological polar surface area (TPSA) is 49.4 Å². The predicted octanol–water partition coefficient (Wildman–Crippen LogP) is 5.95. The zero-order valence-electron chi connectivity index (χ0n) is 18.2. The fraction of sp³-hybridized carbons (Fsp3) is 0.417. The lowest BCUT2D eigenvalue weighted by atomic mass is 10.1. The van der Waals surface area contributed by atoms with E-state index < -0.39 is 6.04 Å². The van der Waals surface area contributed by atoms with E-state index in [9.17, 15) is 9.59 Å². The summed E-state index contributed by atoms with van der Waals surface area (Å²) in [5, 5.41) is 4.29. The Balaban J connectivity index is 2.16. The van der Waals surface area contributed by atoms with E-state index in [4.69, 9.17) is 23.2 Å². The van der Waals surface area contributed by atoms with E-state index >= 15 is 0 Å². The molecule has 0 radical (unpaired) electrons. The van der Waals surface area contributed by atoms with Crippen molar-refractivity contribution in [1.29, 1.82) is 0 Å². The Morgan fingerprint density at radius 2 is 1.55 bits per heavy atom. The van der Waals surface area contributed by atoms with Gasteiger partial charge in [-0.3, -0.25) is 9.59 Å². The van der Waals surface area contributed by atoms with Crippen molar-refractivity contribution < 1.29 is 9.59 Å². The minimum absolute atomic E-state index is 0.0495. The van der Waals surface area contributed by atoms with E-state index in [0.29, 0.717) is 22.2 Å². The molecule has 2 atom stereocenters. The third-order valence-corrected chi connectivity index (χ3v) is 6.83. The zero-order valence-corrected chi connectivity index (χ0v) is 20.6. The lowest BCUT2D eigenvalue weighted by molar-refractivity contribution is -0.139. The maximum absolute atomic E-state index is 13.2. The maximum Gasteiger partial charge on any atom is 0.243 e. The number of nitrogens with one attached hydrogen (secondary N) is 1. The molecular weight excluding hydrogens is 451 g/mol. The summed E-state index contributed by atoms with van der Waals surface area (Å²) < 4.78 is 0. The van der Waals surface area contributed by atoms with Gasteiger partial charge in [-0.05, 0) is 43.0 Å². The lowest BCUT2D eigenvalue weighted by Gasteiger charge is -2.31. The molecule has 2 aromatic carbocycles. The van der Waals surface area contributed by atoms with Gasteiger partial charge in [0, 0.05) is 28.4 Å². The molecule has 0 bridgehead atoms. The van der Waals surface area contributed by atoms with Crippen molar-refractivity contribution in [3.63, 3.8) is 0 Å². The fourth-order valence-corrected chi connectivity index (χ4v) is 4.51. The second kappa shape index (κ2) is 13.0. The Kier molecular flexibility index (Phi) is 10.7. The van der Waals surface area contributed by atoms with Crippen molar-refractivity contribution in [2.75, 3.05) is 5.75 Å². The number of thioether (sulfide) groups is 1. The largest absolute Gasteiger partial charge is 0.352 e. The summed E-state index contributed by atoms with van der Waals surface area (Å²) in [4.78, 5) is 27.8. The van der Waals surface area contributed by atoms with Gasteiger partial charge in [0.15, 0.2) is 0 Å². The first-order valence-corrected chi connectivity index (χ1v) is 12.4. The molecule has 0 aromatic heterocycles. The van der Waals surface area contributed by atoms with Crippen LogP contribution in [0.2, 0.25) is 10.0 Å². The van der Waals surface area contributed by atoms with Gasteiger partial charge in [-0.15, -0.1) is 11.8 Å². The molecule has 2 rings (SSSR count). The van der Waals surface area contributed by atoms with Crippen molar-refractivity contribution in [3.05, 3.63) is 69.7 Å². The van der Waals surface area contributed by atoms with Crippen molar-refractivity contribution in [2.45, 2.75) is 58.0 Å². The summed E-state index contributed by atoms with van der Waals surface area (Å²) >= 11 is 14.1. The number of amides is 2. The summed E-state index contributed by atoms with van der Waals surface area (Å²) in [6.45, 7) is 6.19. The van der Waals surface area contributed by atoms with E-state index in [-0.39, 0.29) is 30.2 Å². The van der Waals surface area contributed by atoms with Gasteiger partial charge in [-0.2, -0.15) is 0 Å². The highest BCUT2D eigenvalue weighted by Gasteiger charge is 2.29. The average molecular weight is 481 g/mol. The van der Waals surface area contributed by atoms with E-state index in [0.717, 1.165) is 17.5 Å². The van der Waals surface area contributed by atoms with E-state index in [2.05, 4.69) is 5.32 Å². The standard InChI is InChI=1S/C24H30Cl2N2O2S/c1-4-17(3)27-24(30)22(5-2)28(14-18-10-6-8-12-20(18)25)23(29)16-31-15-19-11-7-9-13-21(19)26/h6-13,17,22H,4-5,14-16H2,1-3H3,(H,27,30)/t17-,22-/m1/s1. The van der Waals surface area contributed by atoms with E-state index in [1.54, 1.807) is 11.0 Å². The number of benzene rings is 2. The van der Waals surface area contributed by atoms with Crippen LogP contribution in [-0.2, 0) is 21.9 Å². The van der Waals surface area contributed by atoms with Crippen molar-refractivity contribution >= 4 is 46.8 Å². The summed E-state index contributed by atoms with van der Waals surface area (Å²) in [7, 11) is 0. The fourth-order valence-electron chi connectivity index (χ4n) is 3.12. The van der Waals surface area contributed by atoms with E-state index in [1.165, 1.54) is 11.8 Å². The van der Waals surface area contributed by atoms with Crippen LogP contribution in [0.4, 0.5) is 0 Å². The van der Waals surface area contributed by atoms with E-state index in [1.807, 2.05) is 63.2 Å². The van der Waals surface area contributed by atoms with Crippen LogP contribution in [0.25, 0.3) is 0 Å². The maximum atomic E-state index is 13.2. The number of rotatable bonds is 11. The molecule has 0 saturated carbocycles. The van der Waals surface area contributed by atoms with Gasteiger partial charge in [0.25, 0.3) is 0 Å². The molecule has 0 unspecified atom stereocenters. The number of nitrogens with zero attached hydrogens (tertiary/aromatic N) is 1. The molecule has 4 nitrogen and oxygen atoms in total. The Hall–Kier alpha value is -1.69. The first-order chi connectivity index (χ1) is 14.9. The molecule has 0 heterocycles. The normalized spacial score (nSPS) is 12.8. The highest BCUT2D eigenvalue weighted by Crippen LogP contribution is 2.23. The highest BCUT2D eigenvalue weighted by atomic mass is 35.5. The summed E-state index contributed by atoms with van der Waals surface area (Å²) in [6, 6.07) is 14.5.